The molecule has 0 radical (unpaired) electrons. The van der Waals surface area contributed by atoms with Gasteiger partial charge in [-0.05, 0) is 42.5 Å². The van der Waals surface area contributed by atoms with Gasteiger partial charge in [-0.3, -0.25) is 4.90 Å². The molecule has 1 N–H and O–H groups in total. The number of aromatic nitrogens is 2. The second-order valence-corrected chi connectivity index (χ2v) is 8.00. The molecule has 0 aromatic carbocycles. The third kappa shape index (κ3) is 4.56. The Labute approximate surface area is 164 Å². The Kier molecular flexibility index (Phi) is 5.84. The average Bonchev–Trinajstić information content (AvgIpc) is 3.20. The zero-order valence-electron chi connectivity index (χ0n) is 15.5. The number of urea groups is 1. The molecule has 8 heteroatoms. The van der Waals surface area contributed by atoms with Crippen molar-refractivity contribution in [1.82, 2.24) is 25.1 Å². The van der Waals surface area contributed by atoms with Crippen molar-refractivity contribution in [3.63, 3.8) is 0 Å². The van der Waals surface area contributed by atoms with E-state index >= 15 is 0 Å². The summed E-state index contributed by atoms with van der Waals surface area (Å²) in [5, 5.41) is 5.20. The summed E-state index contributed by atoms with van der Waals surface area (Å²) in [5.74, 6) is 0.819. The van der Waals surface area contributed by atoms with Crippen LogP contribution in [-0.2, 0) is 13.0 Å². The molecule has 0 aliphatic carbocycles. The minimum absolute atomic E-state index is 0.0675. The fraction of sp³-hybridized carbons (Fsp3) is 0.526. The van der Waals surface area contributed by atoms with Crippen LogP contribution in [0.4, 0.5) is 10.7 Å². The second kappa shape index (κ2) is 8.67. The van der Waals surface area contributed by atoms with Gasteiger partial charge in [0, 0.05) is 63.1 Å². The largest absolute Gasteiger partial charge is 0.338 e. The molecule has 0 atom stereocenters. The first-order valence-electron chi connectivity index (χ1n) is 9.62. The number of fused-ring (bicyclic) bond motifs is 1. The van der Waals surface area contributed by atoms with Crippen molar-refractivity contribution in [1.29, 1.82) is 0 Å². The van der Waals surface area contributed by atoms with Crippen LogP contribution in [0.3, 0.4) is 0 Å². The third-order valence-corrected chi connectivity index (χ3v) is 6.25. The summed E-state index contributed by atoms with van der Waals surface area (Å²) in [4.78, 5) is 29.0. The van der Waals surface area contributed by atoms with Crippen molar-refractivity contribution in [2.24, 2.45) is 0 Å². The van der Waals surface area contributed by atoms with E-state index in [9.17, 15) is 4.79 Å². The van der Waals surface area contributed by atoms with Gasteiger partial charge in [0.05, 0.1) is 0 Å². The van der Waals surface area contributed by atoms with E-state index in [1.165, 1.54) is 10.4 Å². The topological polar surface area (TPSA) is 64.6 Å². The van der Waals surface area contributed by atoms with Crippen LogP contribution in [-0.4, -0.2) is 71.6 Å². The van der Waals surface area contributed by atoms with E-state index in [0.717, 1.165) is 71.1 Å². The molecule has 0 bridgehead atoms. The lowest BCUT2D eigenvalue weighted by molar-refractivity contribution is 0.191. The predicted octanol–water partition coefficient (Wildman–Crippen LogP) is 1.82. The summed E-state index contributed by atoms with van der Waals surface area (Å²) in [7, 11) is 0. The summed E-state index contributed by atoms with van der Waals surface area (Å²) < 4.78 is 0. The molecule has 2 aromatic heterocycles. The fourth-order valence-electron chi connectivity index (χ4n) is 3.66. The zero-order chi connectivity index (χ0) is 18.5. The van der Waals surface area contributed by atoms with Gasteiger partial charge in [-0.1, -0.05) is 0 Å². The molecular formula is C19H26N6OS. The highest BCUT2D eigenvalue weighted by Crippen LogP contribution is 2.23. The number of hydrogen-bond donors (Lipinski definition) is 1. The minimum atomic E-state index is 0.0675. The van der Waals surface area contributed by atoms with Gasteiger partial charge < -0.3 is 15.1 Å². The maximum Gasteiger partial charge on any atom is 0.317 e. The van der Waals surface area contributed by atoms with Crippen LogP contribution in [0.1, 0.15) is 16.9 Å². The van der Waals surface area contributed by atoms with Crippen LogP contribution in [0.25, 0.3) is 0 Å². The zero-order valence-corrected chi connectivity index (χ0v) is 16.3. The van der Waals surface area contributed by atoms with Crippen molar-refractivity contribution >= 4 is 23.3 Å². The number of thiophene rings is 1. The lowest BCUT2D eigenvalue weighted by Crippen LogP contribution is -2.48. The van der Waals surface area contributed by atoms with Crippen molar-refractivity contribution in [2.75, 3.05) is 50.7 Å². The van der Waals surface area contributed by atoms with Gasteiger partial charge >= 0.3 is 6.03 Å². The van der Waals surface area contributed by atoms with E-state index < -0.39 is 0 Å². The number of nitrogens with one attached hydrogen (secondary N) is 1. The number of carbonyl (C=O) groups excluding carboxylic acids is 1. The first-order valence-corrected chi connectivity index (χ1v) is 10.5. The first kappa shape index (κ1) is 18.2. The molecule has 4 rings (SSSR count). The van der Waals surface area contributed by atoms with Crippen LogP contribution in [0.5, 0.6) is 0 Å². The Balaban J connectivity index is 1.13. The Bertz CT molecular complexity index is 744. The maximum absolute atomic E-state index is 12.4. The molecule has 1 saturated heterocycles. The molecule has 4 heterocycles. The van der Waals surface area contributed by atoms with Crippen molar-refractivity contribution in [3.8, 4) is 0 Å². The lowest BCUT2D eigenvalue weighted by Gasteiger charge is -2.34. The van der Waals surface area contributed by atoms with Crippen molar-refractivity contribution < 1.29 is 4.79 Å². The molecule has 27 heavy (non-hydrogen) atoms. The Morgan fingerprint density at radius 3 is 2.78 bits per heavy atom. The normalized spacial score (nSPS) is 17.6. The standard InChI is InChI=1S/C19H26N6OS/c26-19(25-9-3-17-16(15-25)4-14-27-17)22-7-2-8-23-10-12-24(13-11-23)18-20-5-1-6-21-18/h1,4-6,14H,2-3,7-13,15H2,(H,22,26). The molecule has 144 valence electrons. The molecule has 2 amide bonds. The molecule has 7 nitrogen and oxygen atoms in total. The quantitative estimate of drug-likeness (QED) is 0.794. The summed E-state index contributed by atoms with van der Waals surface area (Å²) in [6, 6.07) is 4.05. The highest BCUT2D eigenvalue weighted by Gasteiger charge is 2.21. The highest BCUT2D eigenvalue weighted by molar-refractivity contribution is 7.10. The summed E-state index contributed by atoms with van der Waals surface area (Å²) in [5.41, 5.74) is 1.31. The smallest absolute Gasteiger partial charge is 0.317 e. The molecule has 2 aromatic rings. The van der Waals surface area contributed by atoms with Gasteiger partial charge in [-0.2, -0.15) is 0 Å². The fourth-order valence-corrected chi connectivity index (χ4v) is 4.55. The summed E-state index contributed by atoms with van der Waals surface area (Å²) in [6.45, 7) is 7.24. The molecule has 0 spiro atoms. The van der Waals surface area contributed by atoms with Gasteiger partial charge in [0.15, 0.2) is 0 Å². The third-order valence-electron chi connectivity index (χ3n) is 5.23. The highest BCUT2D eigenvalue weighted by atomic mass is 32.1. The van der Waals surface area contributed by atoms with E-state index in [4.69, 9.17) is 0 Å². The molecule has 0 saturated carbocycles. The van der Waals surface area contributed by atoms with Gasteiger partial charge in [0.2, 0.25) is 5.95 Å². The van der Waals surface area contributed by atoms with E-state index in [2.05, 4.69) is 36.5 Å². The number of carbonyl (C=O) groups is 1. The number of nitrogens with zero attached hydrogens (tertiary/aromatic N) is 5. The van der Waals surface area contributed by atoms with E-state index in [0.29, 0.717) is 0 Å². The number of hydrogen-bond acceptors (Lipinski definition) is 6. The SMILES string of the molecule is O=C(NCCCN1CCN(c2ncccn2)CC1)N1CCc2sccc2C1. The van der Waals surface area contributed by atoms with Crippen LogP contribution < -0.4 is 10.2 Å². The van der Waals surface area contributed by atoms with E-state index in [1.807, 2.05) is 11.0 Å². The molecule has 2 aliphatic heterocycles. The lowest BCUT2D eigenvalue weighted by atomic mass is 10.1. The second-order valence-electron chi connectivity index (χ2n) is 7.00. The maximum atomic E-state index is 12.4. The van der Waals surface area contributed by atoms with Crippen molar-refractivity contribution in [2.45, 2.75) is 19.4 Å². The summed E-state index contributed by atoms with van der Waals surface area (Å²) >= 11 is 1.80. The minimum Gasteiger partial charge on any atom is -0.338 e. The Morgan fingerprint density at radius 2 is 1.96 bits per heavy atom. The first-order chi connectivity index (χ1) is 13.3. The van der Waals surface area contributed by atoms with Gasteiger partial charge in [0.1, 0.15) is 0 Å². The monoisotopic (exact) mass is 386 g/mol. The van der Waals surface area contributed by atoms with Gasteiger partial charge in [-0.15, -0.1) is 11.3 Å². The van der Waals surface area contributed by atoms with Crippen molar-refractivity contribution in [3.05, 3.63) is 40.3 Å². The number of anilines is 1. The van der Waals surface area contributed by atoms with E-state index in [1.54, 1.807) is 23.7 Å². The number of piperazine rings is 1. The number of rotatable bonds is 5. The molecule has 1 fully saturated rings. The van der Waals surface area contributed by atoms with Crippen LogP contribution in [0.15, 0.2) is 29.9 Å². The van der Waals surface area contributed by atoms with Crippen LogP contribution >= 0.6 is 11.3 Å². The van der Waals surface area contributed by atoms with Gasteiger partial charge in [0.25, 0.3) is 0 Å². The van der Waals surface area contributed by atoms with Gasteiger partial charge in [-0.25, -0.2) is 14.8 Å². The average molecular weight is 387 g/mol. The summed E-state index contributed by atoms with van der Waals surface area (Å²) in [6.07, 6.45) is 5.54. The Morgan fingerprint density at radius 1 is 1.15 bits per heavy atom. The molecular weight excluding hydrogens is 360 g/mol. The molecule has 0 unspecified atom stereocenters. The predicted molar refractivity (Wildman–Crippen MR) is 107 cm³/mol. The molecule has 2 aliphatic rings. The number of amides is 2. The van der Waals surface area contributed by atoms with Crippen LogP contribution in [0.2, 0.25) is 0 Å². The van der Waals surface area contributed by atoms with E-state index in [-0.39, 0.29) is 6.03 Å². The Hall–Kier alpha value is -2.19. The van der Waals surface area contributed by atoms with Crippen LogP contribution in [0, 0.1) is 0 Å².